The maximum atomic E-state index is 12.3. The number of nitrogens with one attached hydrogen (secondary N) is 1. The summed E-state index contributed by atoms with van der Waals surface area (Å²) in [5.41, 5.74) is 4.37. The van der Waals surface area contributed by atoms with Gasteiger partial charge < -0.3 is 5.32 Å². The maximum absolute atomic E-state index is 12.3. The summed E-state index contributed by atoms with van der Waals surface area (Å²) in [7, 11) is -3.57. The van der Waals surface area contributed by atoms with Gasteiger partial charge in [-0.25, -0.2) is 8.42 Å². The predicted molar refractivity (Wildman–Crippen MR) is 101 cm³/mol. The lowest BCUT2D eigenvalue weighted by atomic mass is 10.1. The monoisotopic (exact) mass is 360 g/mol. The average molecular weight is 360 g/mol. The molecule has 134 valence electrons. The second-order valence-electron chi connectivity index (χ2n) is 6.33. The molecule has 0 unspecified atom stereocenters. The zero-order chi connectivity index (χ0) is 18.6. The molecular weight excluding hydrogens is 336 g/mol. The van der Waals surface area contributed by atoms with Gasteiger partial charge in [0.1, 0.15) is 6.54 Å². The summed E-state index contributed by atoms with van der Waals surface area (Å²) in [5, 5.41) is 2.79. The fourth-order valence-electron chi connectivity index (χ4n) is 2.58. The molecule has 6 heteroatoms. The molecule has 5 nitrogen and oxygen atoms in total. The Morgan fingerprint density at radius 1 is 1.04 bits per heavy atom. The first-order chi connectivity index (χ1) is 11.7. The van der Waals surface area contributed by atoms with Crippen LogP contribution < -0.4 is 9.62 Å². The van der Waals surface area contributed by atoms with Crippen molar-refractivity contribution in [3.8, 4) is 0 Å². The predicted octanol–water partition coefficient (Wildman–Crippen LogP) is 2.69. The van der Waals surface area contributed by atoms with E-state index < -0.39 is 10.0 Å². The fourth-order valence-corrected chi connectivity index (χ4v) is 3.48. The SMILES string of the molecule is Cc1cccc(CNC(=O)CN(c2cc(C)ccc2C)S(C)(=O)=O)c1. The molecule has 0 fully saturated rings. The molecule has 0 bridgehead atoms. The second-order valence-corrected chi connectivity index (χ2v) is 8.23. The van der Waals surface area contributed by atoms with Crippen molar-refractivity contribution in [1.29, 1.82) is 0 Å². The Labute approximate surface area is 149 Å². The lowest BCUT2D eigenvalue weighted by Gasteiger charge is -2.24. The van der Waals surface area contributed by atoms with Crippen LogP contribution in [0.1, 0.15) is 22.3 Å². The summed E-state index contributed by atoms with van der Waals surface area (Å²) in [5.74, 6) is -0.340. The van der Waals surface area contributed by atoms with Crippen LogP contribution >= 0.6 is 0 Å². The van der Waals surface area contributed by atoms with Gasteiger partial charge in [-0.15, -0.1) is 0 Å². The van der Waals surface area contributed by atoms with Gasteiger partial charge >= 0.3 is 0 Å². The zero-order valence-electron chi connectivity index (χ0n) is 15.0. The minimum atomic E-state index is -3.57. The van der Waals surface area contributed by atoms with Crippen LogP contribution in [0.2, 0.25) is 0 Å². The van der Waals surface area contributed by atoms with Crippen molar-refractivity contribution in [3.05, 3.63) is 64.7 Å². The smallest absolute Gasteiger partial charge is 0.241 e. The van der Waals surface area contributed by atoms with Gasteiger partial charge in [0.2, 0.25) is 15.9 Å². The number of anilines is 1. The highest BCUT2D eigenvalue weighted by atomic mass is 32.2. The number of nitrogens with zero attached hydrogens (tertiary/aromatic N) is 1. The highest BCUT2D eigenvalue weighted by Crippen LogP contribution is 2.23. The summed E-state index contributed by atoms with van der Waals surface area (Å²) in [6.45, 7) is 5.83. The molecule has 0 radical (unpaired) electrons. The number of aryl methyl sites for hydroxylation is 3. The third kappa shape index (κ3) is 5.32. The number of carbonyl (C=O) groups is 1. The Bertz CT molecular complexity index is 876. The van der Waals surface area contributed by atoms with E-state index in [2.05, 4.69) is 5.32 Å². The standard InChI is InChI=1S/C19H24N2O3S/c1-14-6-5-7-17(10-14)12-20-19(22)13-21(25(4,23)24)18-11-15(2)8-9-16(18)3/h5-11H,12-13H2,1-4H3,(H,20,22). The molecule has 0 atom stereocenters. The van der Waals surface area contributed by atoms with Crippen molar-refractivity contribution in [3.63, 3.8) is 0 Å². The fraction of sp³-hybridized carbons (Fsp3) is 0.316. The van der Waals surface area contributed by atoms with Crippen molar-refractivity contribution >= 4 is 21.6 Å². The van der Waals surface area contributed by atoms with Crippen molar-refractivity contribution in [2.24, 2.45) is 0 Å². The Morgan fingerprint density at radius 2 is 1.72 bits per heavy atom. The molecule has 1 amide bonds. The molecule has 0 aliphatic rings. The van der Waals surface area contributed by atoms with E-state index in [-0.39, 0.29) is 12.5 Å². The molecule has 0 aromatic heterocycles. The minimum Gasteiger partial charge on any atom is -0.350 e. The third-order valence-electron chi connectivity index (χ3n) is 3.89. The lowest BCUT2D eigenvalue weighted by Crippen LogP contribution is -2.40. The highest BCUT2D eigenvalue weighted by molar-refractivity contribution is 7.92. The van der Waals surface area contributed by atoms with Crippen LogP contribution in [0.15, 0.2) is 42.5 Å². The van der Waals surface area contributed by atoms with Crippen LogP contribution in [0, 0.1) is 20.8 Å². The van der Waals surface area contributed by atoms with Gasteiger partial charge in [0.25, 0.3) is 0 Å². The zero-order valence-corrected chi connectivity index (χ0v) is 15.9. The Kier molecular flexibility index (Phi) is 5.85. The minimum absolute atomic E-state index is 0.241. The van der Waals surface area contributed by atoms with Gasteiger partial charge in [-0.1, -0.05) is 42.0 Å². The Hall–Kier alpha value is -2.34. The number of hydrogen-bond acceptors (Lipinski definition) is 3. The van der Waals surface area contributed by atoms with E-state index in [1.807, 2.05) is 57.2 Å². The summed E-state index contributed by atoms with van der Waals surface area (Å²) in [6.07, 6.45) is 1.11. The summed E-state index contributed by atoms with van der Waals surface area (Å²) >= 11 is 0. The van der Waals surface area contributed by atoms with Crippen LogP contribution in [0.5, 0.6) is 0 Å². The van der Waals surface area contributed by atoms with Crippen LogP contribution in [0.3, 0.4) is 0 Å². The van der Waals surface area contributed by atoms with E-state index in [9.17, 15) is 13.2 Å². The number of carbonyl (C=O) groups excluding carboxylic acids is 1. The number of rotatable bonds is 6. The number of benzene rings is 2. The molecule has 2 aromatic carbocycles. The van der Waals surface area contributed by atoms with E-state index >= 15 is 0 Å². The van der Waals surface area contributed by atoms with Gasteiger partial charge in [-0.05, 0) is 43.5 Å². The molecule has 25 heavy (non-hydrogen) atoms. The van der Waals surface area contributed by atoms with E-state index in [0.717, 1.165) is 32.8 Å². The van der Waals surface area contributed by atoms with E-state index in [1.165, 1.54) is 0 Å². The van der Waals surface area contributed by atoms with Gasteiger partial charge in [-0.3, -0.25) is 9.10 Å². The summed E-state index contributed by atoms with van der Waals surface area (Å²) in [4.78, 5) is 12.3. The van der Waals surface area contributed by atoms with Crippen molar-refractivity contribution < 1.29 is 13.2 Å². The first-order valence-corrected chi connectivity index (χ1v) is 9.89. The van der Waals surface area contributed by atoms with Crippen LogP contribution in [-0.4, -0.2) is 27.1 Å². The van der Waals surface area contributed by atoms with Crippen molar-refractivity contribution in [1.82, 2.24) is 5.32 Å². The topological polar surface area (TPSA) is 66.5 Å². The van der Waals surface area contributed by atoms with Crippen molar-refractivity contribution in [2.75, 3.05) is 17.1 Å². The Balaban J connectivity index is 2.15. The van der Waals surface area contributed by atoms with Crippen LogP contribution in [0.25, 0.3) is 0 Å². The molecule has 0 heterocycles. The van der Waals surface area contributed by atoms with E-state index in [4.69, 9.17) is 0 Å². The molecular formula is C19H24N2O3S. The molecule has 0 aliphatic carbocycles. The molecule has 2 rings (SSSR count). The Morgan fingerprint density at radius 3 is 2.36 bits per heavy atom. The van der Waals surface area contributed by atoms with Crippen LogP contribution in [-0.2, 0) is 21.4 Å². The summed E-state index contributed by atoms with van der Waals surface area (Å²) < 4.78 is 25.5. The normalized spacial score (nSPS) is 11.2. The van der Waals surface area contributed by atoms with Crippen molar-refractivity contribution in [2.45, 2.75) is 27.3 Å². The average Bonchev–Trinajstić information content (AvgIpc) is 2.52. The lowest BCUT2D eigenvalue weighted by molar-refractivity contribution is -0.119. The molecule has 0 aliphatic heterocycles. The van der Waals surface area contributed by atoms with Gasteiger partial charge in [0.15, 0.2) is 0 Å². The number of hydrogen-bond donors (Lipinski definition) is 1. The van der Waals surface area contributed by atoms with E-state index in [0.29, 0.717) is 12.2 Å². The first kappa shape index (κ1) is 19.0. The first-order valence-electron chi connectivity index (χ1n) is 8.04. The molecule has 0 saturated carbocycles. The number of amides is 1. The van der Waals surface area contributed by atoms with Gasteiger partial charge in [0.05, 0.1) is 11.9 Å². The largest absolute Gasteiger partial charge is 0.350 e. The van der Waals surface area contributed by atoms with Gasteiger partial charge in [0, 0.05) is 6.54 Å². The third-order valence-corrected chi connectivity index (χ3v) is 5.02. The van der Waals surface area contributed by atoms with E-state index in [1.54, 1.807) is 6.07 Å². The highest BCUT2D eigenvalue weighted by Gasteiger charge is 2.22. The summed E-state index contributed by atoms with van der Waals surface area (Å²) in [6, 6.07) is 13.4. The number of sulfonamides is 1. The molecule has 1 N–H and O–H groups in total. The molecule has 2 aromatic rings. The molecule has 0 saturated heterocycles. The second kappa shape index (κ2) is 7.70. The quantitative estimate of drug-likeness (QED) is 0.861. The van der Waals surface area contributed by atoms with Crippen LogP contribution in [0.4, 0.5) is 5.69 Å². The molecule has 0 spiro atoms. The maximum Gasteiger partial charge on any atom is 0.241 e. The van der Waals surface area contributed by atoms with Gasteiger partial charge in [-0.2, -0.15) is 0 Å².